The number of hydrogen-bond acceptors (Lipinski definition) is 8. The van der Waals surface area contributed by atoms with Crippen LogP contribution >= 0.6 is 0 Å². The van der Waals surface area contributed by atoms with E-state index in [0.29, 0.717) is 23.3 Å². The molecule has 0 unspecified atom stereocenters. The van der Waals surface area contributed by atoms with Crippen LogP contribution in [0.4, 0.5) is 5.69 Å². The standard InChI is InChI=1S/C28H30N4O5/c1-7-12-31(19-9-10-22(29-15-19)26(34)36-6)24-11-8-18-13-23-21(14-20(18)24)25(33)32(17(2)30-23)16-37-27(35)28(3,4)5/h1,9-10,13-15,24H,8,11-12,16H2,2-6H3/t24-/m0/s1. The summed E-state index contributed by atoms with van der Waals surface area (Å²) in [6.07, 6.45) is 8.90. The number of esters is 2. The number of nitrogens with zero attached hydrogens (tertiary/aromatic N) is 4. The fraction of sp³-hybridized carbons (Fsp3) is 0.393. The van der Waals surface area contributed by atoms with E-state index >= 15 is 0 Å². The third kappa shape index (κ3) is 5.05. The number of carbonyl (C=O) groups is 2. The number of fused-ring (bicyclic) bond motifs is 2. The lowest BCUT2D eigenvalue weighted by atomic mass is 9.98. The maximum absolute atomic E-state index is 13.4. The van der Waals surface area contributed by atoms with Crippen molar-refractivity contribution in [3.05, 3.63) is 63.5 Å². The molecule has 192 valence electrons. The van der Waals surface area contributed by atoms with Crippen molar-refractivity contribution in [1.29, 1.82) is 0 Å². The molecule has 1 atom stereocenters. The number of aryl methyl sites for hydroxylation is 2. The van der Waals surface area contributed by atoms with Crippen LogP contribution in [0.25, 0.3) is 10.9 Å². The third-order valence-corrected chi connectivity index (χ3v) is 6.50. The summed E-state index contributed by atoms with van der Waals surface area (Å²) in [5.41, 5.74) is 2.71. The second kappa shape index (κ2) is 10.1. The van der Waals surface area contributed by atoms with E-state index in [1.807, 2.05) is 17.0 Å². The highest BCUT2D eigenvalue weighted by molar-refractivity contribution is 5.87. The van der Waals surface area contributed by atoms with Crippen LogP contribution in [0.1, 0.15) is 60.7 Å². The number of hydrogen-bond donors (Lipinski definition) is 0. The summed E-state index contributed by atoms with van der Waals surface area (Å²) in [6.45, 7) is 7.11. The third-order valence-electron chi connectivity index (χ3n) is 6.50. The fourth-order valence-electron chi connectivity index (χ4n) is 4.49. The molecule has 0 amide bonds. The van der Waals surface area contributed by atoms with Crippen LogP contribution in [-0.2, 0) is 27.4 Å². The van der Waals surface area contributed by atoms with Crippen molar-refractivity contribution >= 4 is 28.5 Å². The van der Waals surface area contributed by atoms with E-state index in [1.165, 1.54) is 11.7 Å². The van der Waals surface area contributed by atoms with Gasteiger partial charge in [-0.05, 0) is 75.9 Å². The minimum absolute atomic E-state index is 0.0888. The number of pyridine rings is 1. The molecule has 37 heavy (non-hydrogen) atoms. The molecule has 9 heteroatoms. The number of anilines is 1. The lowest BCUT2D eigenvalue weighted by Crippen LogP contribution is -2.30. The van der Waals surface area contributed by atoms with Crippen LogP contribution in [0.15, 0.2) is 35.3 Å². The molecule has 0 spiro atoms. The Labute approximate surface area is 215 Å². The SMILES string of the molecule is C#CCN(c1ccc(C(=O)OC)nc1)[C@H]1CCc2cc3nc(C)n(COC(=O)C(C)(C)C)c(=O)c3cc21. The van der Waals surface area contributed by atoms with Gasteiger partial charge >= 0.3 is 11.9 Å². The molecule has 0 fully saturated rings. The van der Waals surface area contributed by atoms with Crippen LogP contribution in [0.2, 0.25) is 0 Å². The second-order valence-electron chi connectivity index (χ2n) is 10.1. The molecule has 0 aliphatic heterocycles. The lowest BCUT2D eigenvalue weighted by Gasteiger charge is -2.30. The quantitative estimate of drug-likeness (QED) is 0.372. The molecule has 0 saturated heterocycles. The van der Waals surface area contributed by atoms with Crippen molar-refractivity contribution in [1.82, 2.24) is 14.5 Å². The first-order valence-electron chi connectivity index (χ1n) is 12.0. The number of aromatic nitrogens is 3. The monoisotopic (exact) mass is 502 g/mol. The van der Waals surface area contributed by atoms with E-state index in [1.54, 1.807) is 46.0 Å². The Hall–Kier alpha value is -4.19. The van der Waals surface area contributed by atoms with Crippen LogP contribution in [0.5, 0.6) is 0 Å². The summed E-state index contributed by atoms with van der Waals surface area (Å²) in [5.74, 6) is 2.27. The number of benzene rings is 1. The molecule has 1 aromatic carbocycles. The Bertz CT molecular complexity index is 1460. The molecule has 1 aliphatic rings. The van der Waals surface area contributed by atoms with Gasteiger partial charge in [-0.25, -0.2) is 14.8 Å². The molecule has 9 nitrogen and oxygen atoms in total. The maximum Gasteiger partial charge on any atom is 0.356 e. The van der Waals surface area contributed by atoms with Gasteiger partial charge in [-0.3, -0.25) is 14.2 Å². The highest BCUT2D eigenvalue weighted by Gasteiger charge is 2.30. The van der Waals surface area contributed by atoms with Gasteiger partial charge in [-0.2, -0.15) is 0 Å². The molecule has 0 N–H and O–H groups in total. The van der Waals surface area contributed by atoms with E-state index in [0.717, 1.165) is 29.7 Å². The molecule has 4 rings (SSSR count). The molecule has 3 aromatic rings. The van der Waals surface area contributed by atoms with Crippen molar-refractivity contribution < 1.29 is 19.1 Å². The van der Waals surface area contributed by atoms with Gasteiger partial charge in [-0.1, -0.05) is 5.92 Å². The molecule has 1 aliphatic carbocycles. The van der Waals surface area contributed by atoms with Gasteiger partial charge in [0.25, 0.3) is 5.56 Å². The van der Waals surface area contributed by atoms with Gasteiger partial charge in [0.2, 0.25) is 0 Å². The second-order valence-corrected chi connectivity index (χ2v) is 10.1. The van der Waals surface area contributed by atoms with Crippen LogP contribution in [-0.4, -0.2) is 40.1 Å². The number of terminal acetylenes is 1. The van der Waals surface area contributed by atoms with Gasteiger partial charge in [0.05, 0.1) is 47.9 Å². The zero-order valence-corrected chi connectivity index (χ0v) is 21.7. The Morgan fingerprint density at radius 1 is 1.27 bits per heavy atom. The molecule has 2 heterocycles. The predicted octanol–water partition coefficient (Wildman–Crippen LogP) is 3.56. The van der Waals surface area contributed by atoms with Gasteiger partial charge in [0.1, 0.15) is 11.5 Å². The van der Waals surface area contributed by atoms with Gasteiger partial charge in [0, 0.05) is 0 Å². The van der Waals surface area contributed by atoms with Crippen molar-refractivity contribution in [2.45, 2.75) is 53.3 Å². The van der Waals surface area contributed by atoms with E-state index in [-0.39, 0.29) is 24.0 Å². The molecule has 0 radical (unpaired) electrons. The Kier molecular flexibility index (Phi) is 7.03. The maximum atomic E-state index is 13.4. The van der Waals surface area contributed by atoms with Crippen molar-refractivity contribution in [2.75, 3.05) is 18.6 Å². The van der Waals surface area contributed by atoms with Crippen molar-refractivity contribution in [2.24, 2.45) is 5.41 Å². The van der Waals surface area contributed by atoms with Gasteiger partial charge in [-0.15, -0.1) is 6.42 Å². The normalized spacial score (nSPS) is 14.6. The minimum atomic E-state index is -0.680. The lowest BCUT2D eigenvalue weighted by molar-refractivity contribution is -0.157. The number of rotatable bonds is 6. The highest BCUT2D eigenvalue weighted by Crippen LogP contribution is 2.39. The number of methoxy groups -OCH3 is 1. The average Bonchev–Trinajstić information content (AvgIpc) is 3.27. The van der Waals surface area contributed by atoms with Crippen LogP contribution in [0.3, 0.4) is 0 Å². The highest BCUT2D eigenvalue weighted by atomic mass is 16.5. The smallest absolute Gasteiger partial charge is 0.356 e. The van der Waals surface area contributed by atoms with Gasteiger partial charge < -0.3 is 14.4 Å². The average molecular weight is 503 g/mol. The topological polar surface area (TPSA) is 104 Å². The van der Waals surface area contributed by atoms with E-state index in [4.69, 9.17) is 15.9 Å². The van der Waals surface area contributed by atoms with Crippen molar-refractivity contribution in [3.63, 3.8) is 0 Å². The first-order chi connectivity index (χ1) is 17.5. The summed E-state index contributed by atoms with van der Waals surface area (Å²) < 4.78 is 11.5. The van der Waals surface area contributed by atoms with E-state index in [9.17, 15) is 14.4 Å². The Morgan fingerprint density at radius 2 is 2.03 bits per heavy atom. The first-order valence-corrected chi connectivity index (χ1v) is 12.0. The molecular formula is C28H30N4O5. The summed E-state index contributed by atoms with van der Waals surface area (Å²) in [4.78, 5) is 48.4. The van der Waals surface area contributed by atoms with E-state index < -0.39 is 17.4 Å². The zero-order chi connectivity index (χ0) is 26.9. The molecule has 0 saturated carbocycles. The summed E-state index contributed by atoms with van der Waals surface area (Å²) >= 11 is 0. The fourth-order valence-corrected chi connectivity index (χ4v) is 4.49. The number of carbonyl (C=O) groups excluding carboxylic acids is 2. The number of ether oxygens (including phenoxy) is 2. The van der Waals surface area contributed by atoms with Crippen LogP contribution in [0, 0.1) is 24.7 Å². The summed E-state index contributed by atoms with van der Waals surface area (Å²) in [6, 6.07) is 7.13. The predicted molar refractivity (Wildman–Crippen MR) is 139 cm³/mol. The minimum Gasteiger partial charge on any atom is -0.464 e. The van der Waals surface area contributed by atoms with E-state index in [2.05, 4.69) is 15.9 Å². The largest absolute Gasteiger partial charge is 0.464 e. The van der Waals surface area contributed by atoms with Crippen LogP contribution < -0.4 is 10.5 Å². The Morgan fingerprint density at radius 3 is 2.65 bits per heavy atom. The summed E-state index contributed by atoms with van der Waals surface area (Å²) in [7, 11) is 1.31. The molecular weight excluding hydrogens is 472 g/mol. The Balaban J connectivity index is 1.72. The molecule has 0 bridgehead atoms. The molecule has 2 aromatic heterocycles. The van der Waals surface area contributed by atoms with Crippen molar-refractivity contribution in [3.8, 4) is 12.3 Å². The first kappa shape index (κ1) is 25.9. The zero-order valence-electron chi connectivity index (χ0n) is 21.7. The summed E-state index contributed by atoms with van der Waals surface area (Å²) in [5, 5.41) is 0.447. The van der Waals surface area contributed by atoms with Gasteiger partial charge in [0.15, 0.2) is 6.73 Å².